The predicted octanol–water partition coefficient (Wildman–Crippen LogP) is 4.27. The van der Waals surface area contributed by atoms with Crippen molar-refractivity contribution >= 4 is 34.9 Å². The summed E-state index contributed by atoms with van der Waals surface area (Å²) in [6.07, 6.45) is 0. The maximum Gasteiger partial charge on any atom is 0.301 e. The number of anilines is 1. The lowest BCUT2D eigenvalue weighted by Gasteiger charge is -2.23. The predicted molar refractivity (Wildman–Crippen MR) is 110 cm³/mol. The van der Waals surface area contributed by atoms with Crippen LogP contribution in [0.2, 0.25) is 5.02 Å². The van der Waals surface area contributed by atoms with Crippen molar-refractivity contribution in [1.29, 1.82) is 0 Å². The molecule has 1 saturated heterocycles. The minimum Gasteiger partial charge on any atom is -0.507 e. The van der Waals surface area contributed by atoms with Crippen molar-refractivity contribution in [2.45, 2.75) is 13.0 Å². The lowest BCUT2D eigenvalue weighted by Crippen LogP contribution is -2.29. The highest BCUT2D eigenvalue weighted by Crippen LogP contribution is 2.42. The van der Waals surface area contributed by atoms with E-state index >= 15 is 0 Å². The van der Waals surface area contributed by atoms with Gasteiger partial charge in [-0.2, -0.15) is 0 Å². The van der Waals surface area contributed by atoms with E-state index in [-0.39, 0.29) is 17.2 Å². The molecular formula is C22H17ClN2O5. The number of amides is 1. The highest BCUT2D eigenvalue weighted by atomic mass is 35.5. The zero-order valence-electron chi connectivity index (χ0n) is 16.1. The topological polar surface area (TPSA) is 92.9 Å². The second-order valence-corrected chi connectivity index (χ2v) is 7.18. The van der Waals surface area contributed by atoms with Gasteiger partial charge in [0.25, 0.3) is 5.78 Å². The summed E-state index contributed by atoms with van der Waals surface area (Å²) in [6, 6.07) is 13.9. The molecule has 152 valence electrons. The van der Waals surface area contributed by atoms with Gasteiger partial charge in [-0.05, 0) is 48.9 Å². The molecule has 1 fully saturated rings. The minimum atomic E-state index is -0.916. The zero-order chi connectivity index (χ0) is 21.4. The molecule has 1 N–H and O–H groups in total. The number of Topliss-reactive ketones (excluding diaryl/α,β-unsaturated/α-hetero) is 1. The molecule has 0 unspecified atom stereocenters. The Labute approximate surface area is 177 Å². The molecule has 2 heterocycles. The highest BCUT2D eigenvalue weighted by Gasteiger charge is 2.48. The second-order valence-electron chi connectivity index (χ2n) is 6.75. The van der Waals surface area contributed by atoms with Crippen molar-refractivity contribution < 1.29 is 24.0 Å². The Morgan fingerprint density at radius 1 is 1.17 bits per heavy atom. The van der Waals surface area contributed by atoms with Crippen molar-refractivity contribution in [3.63, 3.8) is 0 Å². The normalized spacial score (nSPS) is 18.1. The number of benzene rings is 2. The molecule has 7 nitrogen and oxygen atoms in total. The quantitative estimate of drug-likeness (QED) is 0.382. The van der Waals surface area contributed by atoms with Crippen LogP contribution in [0.25, 0.3) is 5.76 Å². The largest absolute Gasteiger partial charge is 0.507 e. The number of hydrogen-bond acceptors (Lipinski definition) is 6. The molecule has 0 bridgehead atoms. The Morgan fingerprint density at radius 2 is 1.90 bits per heavy atom. The summed E-state index contributed by atoms with van der Waals surface area (Å²) in [7, 11) is 1.52. The van der Waals surface area contributed by atoms with E-state index in [0.717, 1.165) is 0 Å². The van der Waals surface area contributed by atoms with Crippen LogP contribution in [0, 0.1) is 6.92 Å². The Bertz CT molecular complexity index is 1170. The highest BCUT2D eigenvalue weighted by molar-refractivity contribution is 6.51. The second kappa shape index (κ2) is 7.68. The fourth-order valence-corrected chi connectivity index (χ4v) is 3.55. The maximum atomic E-state index is 13.0. The van der Waals surface area contributed by atoms with Crippen LogP contribution in [0.3, 0.4) is 0 Å². The minimum absolute atomic E-state index is 0.0590. The van der Waals surface area contributed by atoms with Gasteiger partial charge in [-0.3, -0.25) is 14.5 Å². The number of carbonyl (C=O) groups excluding carboxylic acids is 2. The van der Waals surface area contributed by atoms with Crippen molar-refractivity contribution in [3.05, 3.63) is 82.1 Å². The van der Waals surface area contributed by atoms with E-state index in [0.29, 0.717) is 27.7 Å². The molecule has 1 aliphatic heterocycles. The van der Waals surface area contributed by atoms with E-state index in [4.69, 9.17) is 20.9 Å². The van der Waals surface area contributed by atoms with E-state index in [1.54, 1.807) is 61.5 Å². The van der Waals surface area contributed by atoms with Crippen molar-refractivity contribution in [2.75, 3.05) is 12.0 Å². The van der Waals surface area contributed by atoms with Gasteiger partial charge >= 0.3 is 5.91 Å². The Morgan fingerprint density at radius 3 is 2.53 bits per heavy atom. The van der Waals surface area contributed by atoms with Crippen LogP contribution in [0.5, 0.6) is 5.75 Å². The number of hydrogen-bond donors (Lipinski definition) is 1. The number of aryl methyl sites for hydroxylation is 1. The molecule has 0 saturated carbocycles. The van der Waals surface area contributed by atoms with Crippen LogP contribution in [0.15, 0.2) is 64.7 Å². The van der Waals surface area contributed by atoms with Crippen LogP contribution >= 0.6 is 11.6 Å². The molecule has 0 aliphatic carbocycles. The third-order valence-corrected chi connectivity index (χ3v) is 5.09. The summed E-state index contributed by atoms with van der Waals surface area (Å²) in [5, 5.41) is 15.4. The van der Waals surface area contributed by atoms with Gasteiger partial charge in [0.2, 0.25) is 0 Å². The molecule has 1 aromatic heterocycles. The molecule has 0 radical (unpaired) electrons. The lowest BCUT2D eigenvalue weighted by molar-refractivity contribution is -0.132. The van der Waals surface area contributed by atoms with Crippen LogP contribution in [0.4, 0.5) is 5.82 Å². The van der Waals surface area contributed by atoms with Crippen molar-refractivity contribution in [2.24, 2.45) is 0 Å². The maximum absolute atomic E-state index is 13.0. The molecule has 0 spiro atoms. The van der Waals surface area contributed by atoms with Gasteiger partial charge in [0.05, 0.1) is 18.7 Å². The number of ether oxygens (including phenoxy) is 1. The number of ketones is 1. The molecule has 30 heavy (non-hydrogen) atoms. The fraction of sp³-hybridized carbons (Fsp3) is 0.136. The molecule has 3 aromatic rings. The van der Waals surface area contributed by atoms with E-state index < -0.39 is 17.7 Å². The van der Waals surface area contributed by atoms with Gasteiger partial charge in [0.1, 0.15) is 17.3 Å². The monoisotopic (exact) mass is 424 g/mol. The number of nitrogens with zero attached hydrogens (tertiary/aromatic N) is 2. The van der Waals surface area contributed by atoms with Crippen LogP contribution in [-0.2, 0) is 9.59 Å². The van der Waals surface area contributed by atoms with Gasteiger partial charge in [0.15, 0.2) is 5.82 Å². The van der Waals surface area contributed by atoms with Crippen LogP contribution < -0.4 is 9.64 Å². The third kappa shape index (κ3) is 3.33. The molecular weight excluding hydrogens is 408 g/mol. The SMILES string of the molecule is COc1cccc([C@@H]2/C(=C(\O)c3ccc(Cl)cc3)C(=O)C(=O)N2c2cc(C)on2)c1. The van der Waals surface area contributed by atoms with Crippen molar-refractivity contribution in [3.8, 4) is 5.75 Å². The summed E-state index contributed by atoms with van der Waals surface area (Å²) in [5.74, 6) is -0.740. The van der Waals surface area contributed by atoms with Gasteiger partial charge < -0.3 is 14.4 Å². The average molecular weight is 425 g/mol. The Kier molecular flexibility index (Phi) is 5.05. The molecule has 8 heteroatoms. The van der Waals surface area contributed by atoms with E-state index in [2.05, 4.69) is 5.16 Å². The van der Waals surface area contributed by atoms with Gasteiger partial charge in [-0.15, -0.1) is 0 Å². The summed E-state index contributed by atoms with van der Waals surface area (Å²) in [5.41, 5.74) is 0.877. The summed E-state index contributed by atoms with van der Waals surface area (Å²) in [6.45, 7) is 1.68. The van der Waals surface area contributed by atoms with Gasteiger partial charge in [-0.1, -0.05) is 28.9 Å². The molecule has 1 amide bonds. The first kappa shape index (κ1) is 19.7. The number of aliphatic hydroxyl groups is 1. The summed E-state index contributed by atoms with van der Waals surface area (Å²) in [4.78, 5) is 27.2. The number of halogens is 1. The number of aromatic nitrogens is 1. The van der Waals surface area contributed by atoms with E-state index in [1.165, 1.54) is 12.0 Å². The summed E-state index contributed by atoms with van der Waals surface area (Å²) < 4.78 is 10.4. The number of carbonyl (C=O) groups is 2. The van der Waals surface area contributed by atoms with Crippen LogP contribution in [-0.4, -0.2) is 29.1 Å². The zero-order valence-corrected chi connectivity index (χ0v) is 16.9. The third-order valence-electron chi connectivity index (χ3n) is 4.83. The first-order valence-corrected chi connectivity index (χ1v) is 9.42. The first-order valence-electron chi connectivity index (χ1n) is 9.05. The van der Waals surface area contributed by atoms with Gasteiger partial charge in [-0.25, -0.2) is 0 Å². The molecule has 2 aromatic carbocycles. The van der Waals surface area contributed by atoms with Crippen LogP contribution in [0.1, 0.15) is 22.9 Å². The first-order chi connectivity index (χ1) is 14.4. The smallest absolute Gasteiger partial charge is 0.301 e. The number of methoxy groups -OCH3 is 1. The average Bonchev–Trinajstić information content (AvgIpc) is 3.29. The van der Waals surface area contributed by atoms with E-state index in [1.807, 2.05) is 0 Å². The lowest BCUT2D eigenvalue weighted by atomic mass is 9.95. The number of aliphatic hydroxyl groups excluding tert-OH is 1. The van der Waals surface area contributed by atoms with Crippen molar-refractivity contribution in [1.82, 2.24) is 5.16 Å². The molecule has 1 atom stereocenters. The van der Waals surface area contributed by atoms with E-state index in [9.17, 15) is 14.7 Å². The summed E-state index contributed by atoms with van der Waals surface area (Å²) >= 11 is 5.93. The standard InChI is InChI=1S/C22H17ClN2O5/c1-12-10-17(24-30-12)25-19(14-4-3-5-16(11-14)29-2)18(21(27)22(25)28)20(26)13-6-8-15(23)9-7-13/h3-11,19,26H,1-2H3/b20-18+/t19-/m1/s1. The fourth-order valence-electron chi connectivity index (χ4n) is 3.43. The Balaban J connectivity index is 1.95. The molecule has 4 rings (SSSR count). The number of rotatable bonds is 4. The Hall–Kier alpha value is -3.58. The van der Waals surface area contributed by atoms with Gasteiger partial charge in [0, 0.05) is 16.7 Å². The molecule has 1 aliphatic rings.